The Morgan fingerprint density at radius 3 is 2.89 bits per heavy atom. The van der Waals surface area contributed by atoms with Crippen molar-refractivity contribution in [2.75, 3.05) is 5.88 Å². The van der Waals surface area contributed by atoms with Gasteiger partial charge in [-0.1, -0.05) is 23.4 Å². The van der Waals surface area contributed by atoms with Crippen LogP contribution >= 0.6 is 11.6 Å². The van der Waals surface area contributed by atoms with Gasteiger partial charge in [-0.25, -0.2) is 4.68 Å². The molecule has 0 amide bonds. The quantitative estimate of drug-likeness (QED) is 0.471. The van der Waals surface area contributed by atoms with E-state index >= 15 is 0 Å². The highest BCUT2D eigenvalue weighted by Crippen LogP contribution is 2.18. The lowest BCUT2D eigenvalue weighted by molar-refractivity contribution is -0.385. The molecule has 0 atom stereocenters. The van der Waals surface area contributed by atoms with Crippen LogP contribution in [0.1, 0.15) is 11.3 Å². The first-order valence-electron chi connectivity index (χ1n) is 5.38. The highest BCUT2D eigenvalue weighted by Gasteiger charge is 2.13. The molecule has 0 saturated carbocycles. The Balaban J connectivity index is 2.20. The first-order valence-corrected chi connectivity index (χ1v) is 5.91. The highest BCUT2D eigenvalue weighted by molar-refractivity contribution is 6.17. The zero-order chi connectivity index (χ0) is 13.0. The predicted octanol–water partition coefficient (Wildman–Crippen LogP) is 2.02. The van der Waals surface area contributed by atoms with Crippen LogP contribution < -0.4 is 0 Å². The van der Waals surface area contributed by atoms with E-state index in [0.29, 0.717) is 24.4 Å². The Morgan fingerprint density at radius 2 is 2.17 bits per heavy atom. The Morgan fingerprint density at radius 1 is 1.39 bits per heavy atom. The minimum absolute atomic E-state index is 0.0897. The molecule has 0 bridgehead atoms. The van der Waals surface area contributed by atoms with Crippen molar-refractivity contribution < 1.29 is 4.92 Å². The average molecular weight is 267 g/mol. The molecule has 0 aliphatic carbocycles. The van der Waals surface area contributed by atoms with E-state index in [-0.39, 0.29) is 5.69 Å². The number of nitrogens with zero attached hydrogens (tertiary/aromatic N) is 4. The Hall–Kier alpha value is -1.95. The second kappa shape index (κ2) is 5.59. The molecule has 1 aromatic heterocycles. The van der Waals surface area contributed by atoms with Crippen molar-refractivity contribution in [3.05, 3.63) is 51.8 Å². The summed E-state index contributed by atoms with van der Waals surface area (Å²) in [6.45, 7) is 0.326. The van der Waals surface area contributed by atoms with Crippen LogP contribution in [-0.4, -0.2) is 25.8 Å². The van der Waals surface area contributed by atoms with Gasteiger partial charge in [-0.3, -0.25) is 10.1 Å². The number of alkyl halides is 1. The predicted molar refractivity (Wildman–Crippen MR) is 66.6 cm³/mol. The molecule has 2 rings (SSSR count). The molecule has 0 saturated heterocycles. The third kappa shape index (κ3) is 2.84. The Bertz CT molecular complexity index is 555. The Labute approximate surface area is 108 Å². The normalized spacial score (nSPS) is 10.5. The molecule has 1 heterocycles. The second-order valence-electron chi connectivity index (χ2n) is 3.73. The van der Waals surface area contributed by atoms with E-state index in [9.17, 15) is 10.1 Å². The van der Waals surface area contributed by atoms with Gasteiger partial charge < -0.3 is 0 Å². The van der Waals surface area contributed by atoms with Gasteiger partial charge in [0, 0.05) is 24.6 Å². The first kappa shape index (κ1) is 12.5. The van der Waals surface area contributed by atoms with Crippen LogP contribution in [0.15, 0.2) is 30.5 Å². The van der Waals surface area contributed by atoms with E-state index in [1.165, 1.54) is 6.07 Å². The highest BCUT2D eigenvalue weighted by atomic mass is 35.5. The maximum atomic E-state index is 10.9. The fourth-order valence-electron chi connectivity index (χ4n) is 1.62. The third-order valence-electron chi connectivity index (χ3n) is 2.46. The maximum absolute atomic E-state index is 10.9. The van der Waals surface area contributed by atoms with E-state index in [0.717, 1.165) is 5.69 Å². The van der Waals surface area contributed by atoms with Crippen LogP contribution in [-0.2, 0) is 13.0 Å². The van der Waals surface area contributed by atoms with Crippen molar-refractivity contribution in [3.8, 4) is 0 Å². The van der Waals surface area contributed by atoms with Crippen molar-refractivity contribution in [1.29, 1.82) is 0 Å². The van der Waals surface area contributed by atoms with E-state index in [4.69, 9.17) is 11.6 Å². The van der Waals surface area contributed by atoms with Gasteiger partial charge in [0.15, 0.2) is 0 Å². The maximum Gasteiger partial charge on any atom is 0.274 e. The molecule has 0 aliphatic rings. The summed E-state index contributed by atoms with van der Waals surface area (Å²) in [7, 11) is 0. The van der Waals surface area contributed by atoms with Crippen molar-refractivity contribution in [3.63, 3.8) is 0 Å². The molecule has 7 heteroatoms. The molecule has 1 aromatic carbocycles. The van der Waals surface area contributed by atoms with Crippen molar-refractivity contribution in [2.24, 2.45) is 0 Å². The monoisotopic (exact) mass is 266 g/mol. The van der Waals surface area contributed by atoms with Gasteiger partial charge in [0.1, 0.15) is 0 Å². The van der Waals surface area contributed by atoms with Crippen LogP contribution in [0.2, 0.25) is 0 Å². The number of nitro groups is 1. The Kier molecular flexibility index (Phi) is 3.88. The number of aryl methyl sites for hydroxylation is 1. The van der Waals surface area contributed by atoms with E-state index in [1.807, 2.05) is 0 Å². The molecular formula is C11H11ClN4O2. The summed E-state index contributed by atoms with van der Waals surface area (Å²) in [6, 6.07) is 6.59. The van der Waals surface area contributed by atoms with Gasteiger partial charge in [0.05, 0.1) is 22.7 Å². The molecule has 0 aliphatic heterocycles. The van der Waals surface area contributed by atoms with Crippen LogP contribution in [0.5, 0.6) is 0 Å². The van der Waals surface area contributed by atoms with Crippen LogP contribution in [0.3, 0.4) is 0 Å². The molecular weight excluding hydrogens is 256 g/mol. The second-order valence-corrected chi connectivity index (χ2v) is 4.11. The summed E-state index contributed by atoms with van der Waals surface area (Å²) < 4.78 is 1.57. The molecule has 6 nitrogen and oxygen atoms in total. The van der Waals surface area contributed by atoms with Gasteiger partial charge in [-0.2, -0.15) is 0 Å². The van der Waals surface area contributed by atoms with Crippen LogP contribution in [0.25, 0.3) is 0 Å². The summed E-state index contributed by atoms with van der Waals surface area (Å²) in [4.78, 5) is 10.5. The number of para-hydroxylation sites is 1. The number of halogens is 1. The smallest absolute Gasteiger partial charge is 0.258 e. The number of nitro benzene ring substituents is 1. The summed E-state index contributed by atoms with van der Waals surface area (Å²) in [5.74, 6) is 0.476. The van der Waals surface area contributed by atoms with Crippen molar-refractivity contribution in [1.82, 2.24) is 15.0 Å². The minimum atomic E-state index is -0.397. The number of hydrogen-bond acceptors (Lipinski definition) is 4. The van der Waals surface area contributed by atoms with Gasteiger partial charge in [-0.05, 0) is 0 Å². The van der Waals surface area contributed by atoms with E-state index in [1.54, 1.807) is 29.1 Å². The molecule has 0 N–H and O–H groups in total. The molecule has 0 unspecified atom stereocenters. The first-order chi connectivity index (χ1) is 8.70. The van der Waals surface area contributed by atoms with E-state index in [2.05, 4.69) is 10.3 Å². The third-order valence-corrected chi connectivity index (χ3v) is 2.65. The molecule has 18 heavy (non-hydrogen) atoms. The van der Waals surface area contributed by atoms with Crippen molar-refractivity contribution >= 4 is 17.3 Å². The summed E-state index contributed by atoms with van der Waals surface area (Å²) in [6.07, 6.45) is 2.39. The largest absolute Gasteiger partial charge is 0.274 e. The summed E-state index contributed by atoms with van der Waals surface area (Å²) in [5.41, 5.74) is 1.47. The van der Waals surface area contributed by atoms with Crippen LogP contribution in [0.4, 0.5) is 5.69 Å². The zero-order valence-corrected chi connectivity index (χ0v) is 10.2. The lowest BCUT2D eigenvalue weighted by Gasteiger charge is -2.01. The molecule has 94 valence electrons. The lowest BCUT2D eigenvalue weighted by Crippen LogP contribution is -2.03. The van der Waals surface area contributed by atoms with Gasteiger partial charge >= 0.3 is 0 Å². The molecule has 2 aromatic rings. The average Bonchev–Trinajstić information content (AvgIpc) is 2.77. The van der Waals surface area contributed by atoms with Crippen LogP contribution in [0, 0.1) is 10.1 Å². The van der Waals surface area contributed by atoms with Gasteiger partial charge in [0.25, 0.3) is 5.69 Å². The fraction of sp³-hybridized carbons (Fsp3) is 0.273. The lowest BCUT2D eigenvalue weighted by atomic mass is 10.2. The summed E-state index contributed by atoms with van der Waals surface area (Å²) >= 11 is 5.61. The SMILES string of the molecule is O=[N+]([O-])c1ccccc1Cn1cc(CCCl)nn1. The fourth-order valence-corrected chi connectivity index (χ4v) is 1.82. The number of rotatable bonds is 5. The number of hydrogen-bond donors (Lipinski definition) is 0. The van der Waals surface area contributed by atoms with E-state index < -0.39 is 4.92 Å². The molecule has 0 spiro atoms. The molecule has 0 radical (unpaired) electrons. The zero-order valence-electron chi connectivity index (χ0n) is 9.49. The standard InChI is InChI=1S/C11H11ClN4O2/c12-6-5-10-8-15(14-13-10)7-9-3-1-2-4-11(9)16(17)18/h1-4,8H,5-7H2. The number of aromatic nitrogens is 3. The summed E-state index contributed by atoms with van der Waals surface area (Å²) in [5, 5.41) is 18.7. The topological polar surface area (TPSA) is 73.8 Å². The molecule has 0 fully saturated rings. The number of benzene rings is 1. The van der Waals surface area contributed by atoms with Gasteiger partial charge in [0.2, 0.25) is 0 Å². The minimum Gasteiger partial charge on any atom is -0.258 e. The van der Waals surface area contributed by atoms with Crippen molar-refractivity contribution in [2.45, 2.75) is 13.0 Å². The van der Waals surface area contributed by atoms with Gasteiger partial charge in [-0.15, -0.1) is 16.7 Å².